The van der Waals surface area contributed by atoms with Gasteiger partial charge in [0.15, 0.2) is 11.6 Å². The fourth-order valence-electron chi connectivity index (χ4n) is 2.48. The van der Waals surface area contributed by atoms with E-state index < -0.39 is 17.3 Å². The number of halogens is 2. The van der Waals surface area contributed by atoms with Gasteiger partial charge in [-0.05, 0) is 65.3 Å². The Balaban J connectivity index is 1.84. The summed E-state index contributed by atoms with van der Waals surface area (Å²) in [5, 5.41) is 1.97. The van der Waals surface area contributed by atoms with Gasteiger partial charge in [-0.2, -0.15) is 4.99 Å². The van der Waals surface area contributed by atoms with Crippen molar-refractivity contribution in [3.8, 4) is 23.0 Å². The third kappa shape index (κ3) is 4.43. The highest BCUT2D eigenvalue weighted by molar-refractivity contribution is 7.78. The molecular weight excluding hydrogens is 360 g/mol. The topological polar surface area (TPSA) is 12.4 Å². The minimum Gasteiger partial charge on any atom is -0.204 e. The van der Waals surface area contributed by atoms with Crippen molar-refractivity contribution in [2.75, 3.05) is 0 Å². The van der Waals surface area contributed by atoms with Gasteiger partial charge in [-0.15, -0.1) is 0 Å². The minimum absolute atomic E-state index is 0.410. The van der Waals surface area contributed by atoms with Crippen LogP contribution in [-0.4, -0.2) is 5.16 Å². The largest absolute Gasteiger partial charge is 0.204 e. The van der Waals surface area contributed by atoms with Crippen LogP contribution in [0.5, 0.6) is 0 Å². The van der Waals surface area contributed by atoms with E-state index in [1.54, 1.807) is 30.3 Å². The van der Waals surface area contributed by atoms with Crippen LogP contribution in [0, 0.1) is 23.5 Å². The van der Waals surface area contributed by atoms with E-state index in [0.717, 1.165) is 16.7 Å². The van der Waals surface area contributed by atoms with Crippen LogP contribution >= 0.6 is 12.2 Å². The molecule has 0 amide bonds. The van der Waals surface area contributed by atoms with Crippen molar-refractivity contribution in [1.29, 1.82) is 0 Å². The monoisotopic (exact) mass is 373 g/mol. The van der Waals surface area contributed by atoms with E-state index in [4.69, 9.17) is 0 Å². The molecule has 1 nitrogen and oxygen atoms in total. The molecule has 0 aliphatic rings. The maximum Gasteiger partial charge on any atom is 0.153 e. The van der Waals surface area contributed by atoms with Crippen LogP contribution in [0.3, 0.4) is 0 Å². The number of rotatable bonds is 3. The number of thiocarbonyl (C=S) groups is 1. The molecule has 0 fully saturated rings. The molecule has 0 saturated heterocycles. The predicted molar refractivity (Wildman–Crippen MR) is 109 cm³/mol. The van der Waals surface area contributed by atoms with Crippen molar-refractivity contribution in [1.82, 2.24) is 0 Å². The van der Waals surface area contributed by atoms with Crippen LogP contribution in [0.4, 0.5) is 14.5 Å². The molecule has 27 heavy (non-hydrogen) atoms. The standard InChI is InChI=1S/C23H13F2NS/c1-2-16-3-5-17(6-4-16)7-8-18-9-11-19(12-10-18)20-13-21(24)23(26-15-27)22(25)14-20/h2-6,9-14H,1H2. The van der Waals surface area contributed by atoms with E-state index in [2.05, 4.69) is 35.6 Å². The fourth-order valence-corrected chi connectivity index (χ4v) is 2.57. The molecule has 0 spiro atoms. The molecular formula is C23H13F2NS. The van der Waals surface area contributed by atoms with Gasteiger partial charge in [0.25, 0.3) is 0 Å². The summed E-state index contributed by atoms with van der Waals surface area (Å²) in [7, 11) is 0. The molecule has 0 atom stereocenters. The van der Waals surface area contributed by atoms with Crippen molar-refractivity contribution in [3.05, 3.63) is 95.6 Å². The van der Waals surface area contributed by atoms with Crippen LogP contribution in [0.15, 0.2) is 72.2 Å². The van der Waals surface area contributed by atoms with E-state index in [0.29, 0.717) is 11.1 Å². The molecule has 130 valence electrons. The smallest absolute Gasteiger partial charge is 0.153 e. The van der Waals surface area contributed by atoms with Crippen molar-refractivity contribution in [2.45, 2.75) is 0 Å². The second-order valence-corrected chi connectivity index (χ2v) is 5.83. The highest BCUT2D eigenvalue weighted by Crippen LogP contribution is 2.29. The molecule has 3 aromatic rings. The third-order valence-electron chi connectivity index (χ3n) is 3.89. The summed E-state index contributed by atoms with van der Waals surface area (Å²) in [6, 6.07) is 17.3. The van der Waals surface area contributed by atoms with Crippen molar-refractivity contribution in [2.24, 2.45) is 4.99 Å². The van der Waals surface area contributed by atoms with E-state index in [1.807, 2.05) is 29.4 Å². The van der Waals surface area contributed by atoms with Gasteiger partial charge < -0.3 is 0 Å². The van der Waals surface area contributed by atoms with Gasteiger partial charge in [-0.25, -0.2) is 8.78 Å². The summed E-state index contributed by atoms with van der Waals surface area (Å²) in [5.74, 6) is 4.58. The lowest BCUT2D eigenvalue weighted by atomic mass is 10.0. The molecule has 4 heteroatoms. The lowest BCUT2D eigenvalue weighted by molar-refractivity contribution is 0.588. The van der Waals surface area contributed by atoms with Gasteiger partial charge in [0.1, 0.15) is 5.69 Å². The van der Waals surface area contributed by atoms with Crippen LogP contribution in [0.2, 0.25) is 0 Å². The molecule has 0 unspecified atom stereocenters. The average Bonchev–Trinajstić information content (AvgIpc) is 2.70. The average molecular weight is 373 g/mol. The first-order valence-corrected chi connectivity index (χ1v) is 8.43. The minimum atomic E-state index is -0.783. The number of hydrogen-bond donors (Lipinski definition) is 0. The fraction of sp³-hybridized carbons (Fsp3) is 0. The van der Waals surface area contributed by atoms with Gasteiger partial charge in [0.05, 0.1) is 5.16 Å². The second-order valence-electron chi connectivity index (χ2n) is 5.65. The maximum atomic E-state index is 14.0. The van der Waals surface area contributed by atoms with Crippen LogP contribution in [0.1, 0.15) is 16.7 Å². The molecule has 0 radical (unpaired) electrons. The zero-order chi connectivity index (χ0) is 19.2. The number of isothiocyanates is 1. The molecule has 0 N–H and O–H groups in total. The predicted octanol–water partition coefficient (Wildman–Crippen LogP) is 6.41. The summed E-state index contributed by atoms with van der Waals surface area (Å²) in [6.07, 6.45) is 1.77. The van der Waals surface area contributed by atoms with Crippen LogP contribution < -0.4 is 0 Å². The lowest BCUT2D eigenvalue weighted by Gasteiger charge is -2.05. The normalized spacial score (nSPS) is 9.70. The van der Waals surface area contributed by atoms with Gasteiger partial charge >= 0.3 is 0 Å². The first kappa shape index (κ1) is 18.4. The number of nitrogens with zero attached hydrogens (tertiary/aromatic N) is 1. The molecule has 0 saturated carbocycles. The van der Waals surface area contributed by atoms with E-state index >= 15 is 0 Å². The van der Waals surface area contributed by atoms with Gasteiger partial charge in [-0.3, -0.25) is 0 Å². The molecule has 3 rings (SSSR count). The molecule has 0 aliphatic heterocycles. The van der Waals surface area contributed by atoms with Gasteiger partial charge in [0, 0.05) is 11.1 Å². The first-order valence-electron chi connectivity index (χ1n) is 8.02. The van der Waals surface area contributed by atoms with Gasteiger partial charge in [-0.1, -0.05) is 48.8 Å². The molecule has 3 aromatic carbocycles. The van der Waals surface area contributed by atoms with E-state index in [-0.39, 0.29) is 0 Å². The number of aliphatic imine (C=N–C) groups is 1. The third-order valence-corrected chi connectivity index (χ3v) is 3.98. The zero-order valence-corrected chi connectivity index (χ0v) is 15.0. The zero-order valence-electron chi connectivity index (χ0n) is 14.2. The Kier molecular flexibility index (Phi) is 5.68. The summed E-state index contributed by atoms with van der Waals surface area (Å²) in [4.78, 5) is 3.41. The second kappa shape index (κ2) is 8.33. The van der Waals surface area contributed by atoms with E-state index in [9.17, 15) is 8.78 Å². The Bertz CT molecular complexity index is 1070. The first-order chi connectivity index (χ1) is 13.1. The summed E-state index contributed by atoms with van der Waals surface area (Å²) >= 11 is 4.40. The SMILES string of the molecule is C=Cc1ccc(C#Cc2ccc(-c3cc(F)c(N=C=S)c(F)c3)cc2)cc1. The quantitative estimate of drug-likeness (QED) is 0.294. The number of hydrogen-bond acceptors (Lipinski definition) is 2. The van der Waals surface area contributed by atoms with E-state index in [1.165, 1.54) is 12.1 Å². The van der Waals surface area contributed by atoms with Crippen LogP contribution in [-0.2, 0) is 0 Å². The molecule has 0 bridgehead atoms. The Hall–Kier alpha value is -3.38. The Morgan fingerprint density at radius 1 is 0.815 bits per heavy atom. The summed E-state index contributed by atoms with van der Waals surface area (Å²) in [5.41, 5.74) is 3.38. The van der Waals surface area contributed by atoms with Crippen LogP contribution in [0.25, 0.3) is 17.2 Å². The molecule has 0 aliphatic carbocycles. The Morgan fingerprint density at radius 2 is 1.33 bits per heavy atom. The molecule has 0 aromatic heterocycles. The summed E-state index contributed by atoms with van der Waals surface area (Å²) < 4.78 is 28.0. The Morgan fingerprint density at radius 3 is 1.81 bits per heavy atom. The highest BCUT2D eigenvalue weighted by atomic mass is 32.1. The van der Waals surface area contributed by atoms with Crippen molar-refractivity contribution < 1.29 is 8.78 Å². The lowest BCUT2D eigenvalue weighted by Crippen LogP contribution is -1.87. The molecule has 0 heterocycles. The summed E-state index contributed by atoms with van der Waals surface area (Å²) in [6.45, 7) is 3.72. The number of benzene rings is 3. The maximum absolute atomic E-state index is 14.0. The van der Waals surface area contributed by atoms with Gasteiger partial charge in [0.2, 0.25) is 0 Å². The van der Waals surface area contributed by atoms with Crippen molar-refractivity contribution in [3.63, 3.8) is 0 Å². The Labute approximate surface area is 161 Å². The van der Waals surface area contributed by atoms with Crippen molar-refractivity contribution >= 4 is 29.1 Å². The highest BCUT2D eigenvalue weighted by Gasteiger charge is 2.11.